The van der Waals surface area contributed by atoms with Gasteiger partial charge in [-0.05, 0) is 19.7 Å². The molecule has 80 valence electrons. The normalized spacial score (nSPS) is 26.6. The van der Waals surface area contributed by atoms with E-state index in [-0.39, 0.29) is 25.4 Å². The molecule has 0 aliphatic carbocycles. The highest BCUT2D eigenvalue weighted by molar-refractivity contribution is 6.59. The first-order valence-electron chi connectivity index (χ1n) is 4.85. The van der Waals surface area contributed by atoms with Crippen molar-refractivity contribution in [1.29, 1.82) is 0 Å². The topological polar surface area (TPSA) is 81.8 Å². The van der Waals surface area contributed by atoms with E-state index in [1.165, 1.54) is 0 Å². The molecule has 0 aromatic rings. The van der Waals surface area contributed by atoms with E-state index in [4.69, 9.17) is 15.1 Å². The SMILES string of the molecule is CCOC(=O)[C@@H]1C[C@@H](O)CB1OCN. The Kier molecular flexibility index (Phi) is 4.38. The maximum atomic E-state index is 11.4. The van der Waals surface area contributed by atoms with Gasteiger partial charge in [-0.3, -0.25) is 4.79 Å². The Morgan fingerprint density at radius 2 is 2.43 bits per heavy atom. The fourth-order valence-corrected chi connectivity index (χ4v) is 1.78. The van der Waals surface area contributed by atoms with Gasteiger partial charge < -0.3 is 20.2 Å². The summed E-state index contributed by atoms with van der Waals surface area (Å²) in [7, 11) is 0. The van der Waals surface area contributed by atoms with Gasteiger partial charge in [-0.1, -0.05) is 0 Å². The fraction of sp³-hybridized carbons (Fsp3) is 0.875. The largest absolute Gasteiger partial charge is 0.466 e. The minimum atomic E-state index is -0.485. The molecule has 14 heavy (non-hydrogen) atoms. The lowest BCUT2D eigenvalue weighted by molar-refractivity contribution is -0.143. The van der Waals surface area contributed by atoms with Crippen LogP contribution in [0.25, 0.3) is 0 Å². The zero-order valence-electron chi connectivity index (χ0n) is 8.31. The number of rotatable bonds is 4. The van der Waals surface area contributed by atoms with Gasteiger partial charge in [0, 0.05) is 0 Å². The van der Waals surface area contributed by atoms with Gasteiger partial charge in [0.25, 0.3) is 0 Å². The summed E-state index contributed by atoms with van der Waals surface area (Å²) in [5.74, 6) is -0.670. The molecule has 1 saturated heterocycles. The van der Waals surface area contributed by atoms with E-state index in [0.717, 1.165) is 0 Å². The van der Waals surface area contributed by atoms with Crippen LogP contribution >= 0.6 is 0 Å². The second kappa shape index (κ2) is 5.33. The summed E-state index contributed by atoms with van der Waals surface area (Å²) in [6.45, 7) is 1.87. The van der Waals surface area contributed by atoms with E-state index in [1.807, 2.05) is 0 Å². The molecule has 5 nitrogen and oxygen atoms in total. The smallest absolute Gasteiger partial charge is 0.311 e. The monoisotopic (exact) mass is 201 g/mol. The van der Waals surface area contributed by atoms with Crippen LogP contribution in [0.15, 0.2) is 0 Å². The number of aliphatic hydroxyl groups is 1. The average molecular weight is 201 g/mol. The molecule has 0 amide bonds. The summed E-state index contributed by atoms with van der Waals surface area (Å²) in [5, 5.41) is 9.39. The molecule has 0 bridgehead atoms. The van der Waals surface area contributed by atoms with Gasteiger partial charge >= 0.3 is 12.9 Å². The predicted octanol–water partition coefficient (Wildman–Crippen LogP) is -0.391. The van der Waals surface area contributed by atoms with Gasteiger partial charge in [0.05, 0.1) is 25.3 Å². The summed E-state index contributed by atoms with van der Waals surface area (Å²) in [4.78, 5) is 11.4. The molecule has 0 aromatic heterocycles. The molecule has 0 aromatic carbocycles. The van der Waals surface area contributed by atoms with Crippen molar-refractivity contribution in [3.63, 3.8) is 0 Å². The number of hydrogen-bond acceptors (Lipinski definition) is 5. The van der Waals surface area contributed by atoms with E-state index in [9.17, 15) is 9.90 Å². The van der Waals surface area contributed by atoms with Crippen molar-refractivity contribution >= 4 is 12.9 Å². The van der Waals surface area contributed by atoms with Crippen molar-refractivity contribution in [2.45, 2.75) is 31.6 Å². The van der Waals surface area contributed by atoms with Crippen molar-refractivity contribution in [3.8, 4) is 0 Å². The molecule has 1 aliphatic rings. The van der Waals surface area contributed by atoms with Gasteiger partial charge in [-0.2, -0.15) is 0 Å². The molecule has 2 atom stereocenters. The van der Waals surface area contributed by atoms with E-state index in [1.54, 1.807) is 6.92 Å². The Morgan fingerprint density at radius 3 is 3.00 bits per heavy atom. The van der Waals surface area contributed by atoms with Crippen LogP contribution in [0.3, 0.4) is 0 Å². The first-order chi connectivity index (χ1) is 6.69. The Hall–Kier alpha value is -0.585. The Bertz CT molecular complexity index is 202. The number of carbonyl (C=O) groups excluding carboxylic acids is 1. The van der Waals surface area contributed by atoms with Crippen LogP contribution in [0.5, 0.6) is 0 Å². The van der Waals surface area contributed by atoms with Crippen molar-refractivity contribution < 1.29 is 19.3 Å². The van der Waals surface area contributed by atoms with Crippen molar-refractivity contribution in [2.24, 2.45) is 5.73 Å². The summed E-state index contributed by atoms with van der Waals surface area (Å²) in [5.41, 5.74) is 5.23. The molecule has 3 N–H and O–H groups in total. The zero-order chi connectivity index (χ0) is 10.6. The second-order valence-corrected chi connectivity index (χ2v) is 3.36. The lowest BCUT2D eigenvalue weighted by Crippen LogP contribution is -2.29. The van der Waals surface area contributed by atoms with Gasteiger partial charge in [-0.15, -0.1) is 0 Å². The van der Waals surface area contributed by atoms with Crippen LogP contribution in [0.2, 0.25) is 12.1 Å². The minimum absolute atomic E-state index is 0.0628. The number of carbonyl (C=O) groups is 1. The van der Waals surface area contributed by atoms with Crippen LogP contribution in [0, 0.1) is 0 Å². The zero-order valence-corrected chi connectivity index (χ0v) is 8.31. The standard InChI is InChI=1S/C8H16BNO4/c1-2-13-8(12)7-3-6(11)4-9(7)14-5-10/h6-7,11H,2-5,10H2,1H3/t6-,7+/m1/s1. The molecule has 0 saturated carbocycles. The quantitative estimate of drug-likeness (QED) is 0.367. The highest BCUT2D eigenvalue weighted by Gasteiger charge is 2.43. The fourth-order valence-electron chi connectivity index (χ4n) is 1.78. The first-order valence-corrected chi connectivity index (χ1v) is 4.85. The number of aliphatic hydroxyl groups excluding tert-OH is 1. The maximum absolute atomic E-state index is 11.4. The van der Waals surface area contributed by atoms with Gasteiger partial charge in [0.15, 0.2) is 0 Å². The highest BCUT2D eigenvalue weighted by Crippen LogP contribution is 2.32. The number of esters is 1. The Labute approximate surface area is 83.7 Å². The van der Waals surface area contributed by atoms with Crippen molar-refractivity contribution in [2.75, 3.05) is 13.3 Å². The third kappa shape index (κ3) is 2.70. The van der Waals surface area contributed by atoms with Gasteiger partial charge in [-0.25, -0.2) is 0 Å². The maximum Gasteiger partial charge on any atom is 0.311 e. The number of hydrogen-bond donors (Lipinski definition) is 2. The van der Waals surface area contributed by atoms with E-state index in [2.05, 4.69) is 0 Å². The molecule has 1 aliphatic heterocycles. The molecular formula is C8H16BNO4. The molecule has 6 heteroatoms. The molecular weight excluding hydrogens is 185 g/mol. The summed E-state index contributed by atoms with van der Waals surface area (Å²) in [6, 6.07) is 0. The molecule has 0 spiro atoms. The van der Waals surface area contributed by atoms with Crippen LogP contribution < -0.4 is 5.73 Å². The molecule has 1 rings (SSSR count). The molecule has 1 heterocycles. The van der Waals surface area contributed by atoms with E-state index >= 15 is 0 Å². The third-order valence-corrected chi connectivity index (χ3v) is 2.38. The van der Waals surface area contributed by atoms with Gasteiger partial charge in [0.2, 0.25) is 0 Å². The van der Waals surface area contributed by atoms with Crippen molar-refractivity contribution in [3.05, 3.63) is 0 Å². The number of nitrogens with two attached hydrogens (primary N) is 1. The lowest BCUT2D eigenvalue weighted by atomic mass is 9.58. The van der Waals surface area contributed by atoms with E-state index < -0.39 is 6.10 Å². The van der Waals surface area contributed by atoms with Crippen LogP contribution in [0.4, 0.5) is 0 Å². The molecule has 0 radical (unpaired) electrons. The number of ether oxygens (including phenoxy) is 1. The van der Waals surface area contributed by atoms with Crippen molar-refractivity contribution in [1.82, 2.24) is 0 Å². The molecule has 0 unspecified atom stereocenters. The van der Waals surface area contributed by atoms with Crippen LogP contribution in [0.1, 0.15) is 13.3 Å². The Morgan fingerprint density at radius 1 is 1.71 bits per heavy atom. The van der Waals surface area contributed by atoms with E-state index in [0.29, 0.717) is 19.3 Å². The second-order valence-electron chi connectivity index (χ2n) is 3.36. The third-order valence-electron chi connectivity index (χ3n) is 2.38. The Balaban J connectivity index is 2.52. The van der Waals surface area contributed by atoms with Crippen LogP contribution in [-0.2, 0) is 14.2 Å². The minimum Gasteiger partial charge on any atom is -0.466 e. The summed E-state index contributed by atoms with van der Waals surface area (Å²) in [6.07, 6.45) is 0.380. The molecule has 1 fully saturated rings. The predicted molar refractivity (Wildman–Crippen MR) is 51.7 cm³/mol. The average Bonchev–Trinajstić information content (AvgIpc) is 2.48. The summed E-state index contributed by atoms with van der Waals surface area (Å²) < 4.78 is 10.1. The highest BCUT2D eigenvalue weighted by atomic mass is 16.5. The first kappa shape index (κ1) is 11.5. The van der Waals surface area contributed by atoms with Crippen LogP contribution in [-0.4, -0.2) is 37.4 Å². The summed E-state index contributed by atoms with van der Waals surface area (Å²) >= 11 is 0. The van der Waals surface area contributed by atoms with Gasteiger partial charge in [0.1, 0.15) is 0 Å². The lowest BCUT2D eigenvalue weighted by Gasteiger charge is -2.13.